The highest BCUT2D eigenvalue weighted by molar-refractivity contribution is 6.09. The van der Waals surface area contributed by atoms with Crippen LogP contribution >= 0.6 is 0 Å². The van der Waals surface area contributed by atoms with E-state index in [0.717, 1.165) is 10.5 Å². The molecule has 4 amide bonds. The van der Waals surface area contributed by atoms with Gasteiger partial charge in [0.05, 0.1) is 7.11 Å². The van der Waals surface area contributed by atoms with Crippen LogP contribution in [0.5, 0.6) is 5.75 Å². The molecule has 7 heteroatoms. The standard InChI is InChI=1S/C21H23N3O4/c1-3-21(16-9-5-4-6-10-16)19(26)24(20(27)23-21)14-18(25)22-13-15-8-7-11-17(12-15)28-2/h4-12H,3,13-14H2,1-2H3,(H,22,25)(H,23,27)/t21-/m0/s1. The third kappa shape index (κ3) is 3.69. The number of hydrogen-bond acceptors (Lipinski definition) is 4. The van der Waals surface area contributed by atoms with E-state index in [4.69, 9.17) is 4.74 Å². The third-order valence-corrected chi connectivity index (χ3v) is 4.90. The van der Waals surface area contributed by atoms with E-state index in [2.05, 4.69) is 10.6 Å². The van der Waals surface area contributed by atoms with Crippen LogP contribution in [0.1, 0.15) is 24.5 Å². The van der Waals surface area contributed by atoms with Gasteiger partial charge in [-0.25, -0.2) is 4.79 Å². The fourth-order valence-electron chi connectivity index (χ4n) is 3.31. The van der Waals surface area contributed by atoms with Crippen LogP contribution in [0.4, 0.5) is 4.79 Å². The zero-order valence-electron chi connectivity index (χ0n) is 15.9. The summed E-state index contributed by atoms with van der Waals surface area (Å²) in [7, 11) is 1.57. The summed E-state index contributed by atoms with van der Waals surface area (Å²) in [5.41, 5.74) is 0.429. The van der Waals surface area contributed by atoms with Gasteiger partial charge in [0.1, 0.15) is 17.8 Å². The van der Waals surface area contributed by atoms with Gasteiger partial charge in [0, 0.05) is 6.54 Å². The molecule has 0 spiro atoms. The highest BCUT2D eigenvalue weighted by Crippen LogP contribution is 2.32. The van der Waals surface area contributed by atoms with E-state index in [0.29, 0.717) is 17.7 Å². The molecule has 1 heterocycles. The van der Waals surface area contributed by atoms with Crippen LogP contribution in [-0.4, -0.2) is 36.4 Å². The monoisotopic (exact) mass is 381 g/mol. The Morgan fingerprint density at radius 2 is 1.89 bits per heavy atom. The topological polar surface area (TPSA) is 87.7 Å². The highest BCUT2D eigenvalue weighted by atomic mass is 16.5. The maximum Gasteiger partial charge on any atom is 0.325 e. The van der Waals surface area contributed by atoms with Gasteiger partial charge in [-0.2, -0.15) is 0 Å². The van der Waals surface area contributed by atoms with Crippen LogP contribution in [0.15, 0.2) is 54.6 Å². The fourth-order valence-corrected chi connectivity index (χ4v) is 3.31. The molecule has 0 aromatic heterocycles. The Kier molecular flexibility index (Phi) is 5.63. The van der Waals surface area contributed by atoms with Gasteiger partial charge in [-0.05, 0) is 29.7 Å². The molecule has 2 N–H and O–H groups in total. The predicted molar refractivity (Wildman–Crippen MR) is 103 cm³/mol. The average Bonchev–Trinajstić information content (AvgIpc) is 2.98. The Morgan fingerprint density at radius 3 is 2.57 bits per heavy atom. The number of amides is 4. The molecule has 1 aliphatic rings. The molecule has 2 aromatic carbocycles. The SMILES string of the molecule is CC[C@@]1(c2ccccc2)NC(=O)N(CC(=O)NCc2cccc(OC)c2)C1=O. The molecular weight excluding hydrogens is 358 g/mol. The van der Waals surface area contributed by atoms with Crippen LogP contribution in [0, 0.1) is 0 Å². The number of ether oxygens (including phenoxy) is 1. The van der Waals surface area contributed by atoms with Gasteiger partial charge in [0.25, 0.3) is 5.91 Å². The van der Waals surface area contributed by atoms with Crippen molar-refractivity contribution < 1.29 is 19.1 Å². The van der Waals surface area contributed by atoms with Crippen LogP contribution in [0.3, 0.4) is 0 Å². The lowest BCUT2D eigenvalue weighted by atomic mass is 9.87. The van der Waals surface area contributed by atoms with Crippen LogP contribution in [-0.2, 0) is 21.7 Å². The van der Waals surface area contributed by atoms with Gasteiger partial charge < -0.3 is 15.4 Å². The Labute approximate surface area is 163 Å². The van der Waals surface area contributed by atoms with Gasteiger partial charge in [-0.1, -0.05) is 49.4 Å². The quantitative estimate of drug-likeness (QED) is 0.720. The minimum Gasteiger partial charge on any atom is -0.497 e. The molecule has 0 saturated carbocycles. The van der Waals surface area contributed by atoms with Crippen molar-refractivity contribution in [1.82, 2.24) is 15.5 Å². The van der Waals surface area contributed by atoms with Crippen molar-refractivity contribution in [3.05, 3.63) is 65.7 Å². The molecule has 28 heavy (non-hydrogen) atoms. The van der Waals surface area contributed by atoms with E-state index in [9.17, 15) is 14.4 Å². The molecule has 0 aliphatic carbocycles. The molecule has 3 rings (SSSR count). The number of carbonyl (C=O) groups excluding carboxylic acids is 3. The van der Waals surface area contributed by atoms with E-state index in [1.165, 1.54) is 0 Å². The molecule has 0 unspecified atom stereocenters. The molecule has 1 aliphatic heterocycles. The summed E-state index contributed by atoms with van der Waals surface area (Å²) in [5, 5.41) is 5.50. The second kappa shape index (κ2) is 8.12. The number of rotatable bonds is 7. The summed E-state index contributed by atoms with van der Waals surface area (Å²) >= 11 is 0. The van der Waals surface area contributed by atoms with E-state index in [-0.39, 0.29) is 13.1 Å². The zero-order chi connectivity index (χ0) is 20.1. The summed E-state index contributed by atoms with van der Waals surface area (Å²) < 4.78 is 5.16. The zero-order valence-corrected chi connectivity index (χ0v) is 15.9. The number of benzene rings is 2. The van der Waals surface area contributed by atoms with E-state index in [1.54, 1.807) is 19.2 Å². The van der Waals surface area contributed by atoms with Gasteiger partial charge in [0.15, 0.2) is 0 Å². The summed E-state index contributed by atoms with van der Waals surface area (Å²) in [6.07, 6.45) is 0.392. The number of imide groups is 1. The minimum absolute atomic E-state index is 0.275. The number of hydrogen-bond donors (Lipinski definition) is 2. The summed E-state index contributed by atoms with van der Waals surface area (Å²) in [6, 6.07) is 15.8. The molecule has 0 bridgehead atoms. The fraction of sp³-hybridized carbons (Fsp3) is 0.286. The lowest BCUT2D eigenvalue weighted by Crippen LogP contribution is -2.44. The van der Waals surface area contributed by atoms with Crippen molar-refractivity contribution in [2.75, 3.05) is 13.7 Å². The van der Waals surface area contributed by atoms with Gasteiger partial charge in [-0.3, -0.25) is 14.5 Å². The van der Waals surface area contributed by atoms with Crippen molar-refractivity contribution in [3.8, 4) is 5.75 Å². The summed E-state index contributed by atoms with van der Waals surface area (Å²) in [4.78, 5) is 38.7. The molecule has 1 fully saturated rings. The number of nitrogens with zero attached hydrogens (tertiary/aromatic N) is 1. The molecule has 0 radical (unpaired) electrons. The Morgan fingerprint density at radius 1 is 1.14 bits per heavy atom. The first kappa shape index (κ1) is 19.4. The van der Waals surface area contributed by atoms with E-state index in [1.807, 2.05) is 49.4 Å². The smallest absolute Gasteiger partial charge is 0.325 e. The van der Waals surface area contributed by atoms with Crippen LogP contribution < -0.4 is 15.4 Å². The van der Waals surface area contributed by atoms with Crippen molar-refractivity contribution in [3.63, 3.8) is 0 Å². The number of methoxy groups -OCH3 is 1. The number of urea groups is 1. The van der Waals surface area contributed by atoms with E-state index < -0.39 is 23.4 Å². The molecule has 7 nitrogen and oxygen atoms in total. The maximum atomic E-state index is 13.0. The molecule has 146 valence electrons. The van der Waals surface area contributed by atoms with Crippen molar-refractivity contribution in [2.24, 2.45) is 0 Å². The number of carbonyl (C=O) groups is 3. The lowest BCUT2D eigenvalue weighted by molar-refractivity contribution is -0.135. The third-order valence-electron chi connectivity index (χ3n) is 4.90. The van der Waals surface area contributed by atoms with Gasteiger partial charge >= 0.3 is 6.03 Å². The lowest BCUT2D eigenvalue weighted by Gasteiger charge is -2.25. The Bertz CT molecular complexity index is 884. The summed E-state index contributed by atoms with van der Waals surface area (Å²) in [5.74, 6) is -0.134. The Hall–Kier alpha value is -3.35. The first-order valence-electron chi connectivity index (χ1n) is 9.09. The molecular formula is C21H23N3O4. The largest absolute Gasteiger partial charge is 0.497 e. The van der Waals surface area contributed by atoms with Crippen molar-refractivity contribution in [1.29, 1.82) is 0 Å². The van der Waals surface area contributed by atoms with Crippen LogP contribution in [0.2, 0.25) is 0 Å². The molecule has 1 atom stereocenters. The normalized spacial score (nSPS) is 18.7. The first-order valence-corrected chi connectivity index (χ1v) is 9.09. The molecule has 1 saturated heterocycles. The summed E-state index contributed by atoms with van der Waals surface area (Å²) in [6.45, 7) is 1.78. The molecule has 2 aromatic rings. The predicted octanol–water partition coefficient (Wildman–Crippen LogP) is 2.17. The number of nitrogens with one attached hydrogen (secondary N) is 2. The highest BCUT2D eigenvalue weighted by Gasteiger charge is 2.51. The first-order chi connectivity index (χ1) is 13.5. The average molecular weight is 381 g/mol. The van der Waals surface area contributed by atoms with Gasteiger partial charge in [0.2, 0.25) is 5.91 Å². The van der Waals surface area contributed by atoms with Gasteiger partial charge in [-0.15, -0.1) is 0 Å². The second-order valence-corrected chi connectivity index (χ2v) is 6.57. The van der Waals surface area contributed by atoms with E-state index >= 15 is 0 Å². The maximum absolute atomic E-state index is 13.0. The Balaban J connectivity index is 1.67. The van der Waals surface area contributed by atoms with Crippen molar-refractivity contribution in [2.45, 2.75) is 25.4 Å². The van der Waals surface area contributed by atoms with Crippen molar-refractivity contribution >= 4 is 17.8 Å². The van der Waals surface area contributed by atoms with Crippen LogP contribution in [0.25, 0.3) is 0 Å². The minimum atomic E-state index is -1.13. The second-order valence-electron chi connectivity index (χ2n) is 6.57.